The van der Waals surface area contributed by atoms with E-state index in [1.165, 1.54) is 12.1 Å². The van der Waals surface area contributed by atoms with E-state index < -0.39 is 16.8 Å². The number of halogens is 2. The Hall–Kier alpha value is -1.48. The maximum absolute atomic E-state index is 13.2. The van der Waals surface area contributed by atoms with Gasteiger partial charge in [-0.05, 0) is 48.2 Å². The van der Waals surface area contributed by atoms with Crippen molar-refractivity contribution in [3.8, 4) is 0 Å². The zero-order valence-corrected chi connectivity index (χ0v) is 11.1. The van der Waals surface area contributed by atoms with Crippen LogP contribution >= 0.6 is 11.6 Å². The number of benzene rings is 1. The molecule has 1 aromatic carbocycles. The van der Waals surface area contributed by atoms with Gasteiger partial charge in [-0.15, -0.1) is 0 Å². The van der Waals surface area contributed by atoms with Gasteiger partial charge in [0.1, 0.15) is 5.82 Å². The molecule has 0 saturated carbocycles. The minimum Gasteiger partial charge on any atom is -0.284 e. The molecule has 0 heterocycles. The van der Waals surface area contributed by atoms with Gasteiger partial charge in [-0.3, -0.25) is 9.59 Å². The minimum atomic E-state index is -1.05. The Morgan fingerprint density at radius 2 is 2.06 bits per heavy atom. The number of hydrogen-bond donors (Lipinski definition) is 0. The van der Waals surface area contributed by atoms with Gasteiger partial charge < -0.3 is 0 Å². The van der Waals surface area contributed by atoms with Crippen LogP contribution in [0.1, 0.15) is 30.9 Å². The summed E-state index contributed by atoms with van der Waals surface area (Å²) in [6, 6.07) is 4.12. The van der Waals surface area contributed by atoms with Crippen LogP contribution in [0.3, 0.4) is 0 Å². The molecule has 0 spiro atoms. The summed E-state index contributed by atoms with van der Waals surface area (Å²) in [5.74, 6) is -1.24. The fourth-order valence-electron chi connectivity index (χ4n) is 1.60. The summed E-state index contributed by atoms with van der Waals surface area (Å²) in [5.41, 5.74) is 1.32. The highest BCUT2D eigenvalue weighted by atomic mass is 35.5. The summed E-state index contributed by atoms with van der Waals surface area (Å²) in [6.45, 7) is 3.69. The number of unbranched alkanes of at least 4 members (excludes halogenated alkanes) is 1. The van der Waals surface area contributed by atoms with Gasteiger partial charge in [0.25, 0.3) is 5.24 Å². The van der Waals surface area contributed by atoms with Crippen molar-refractivity contribution in [2.75, 3.05) is 0 Å². The molecular weight excluding hydrogens is 255 g/mol. The molecule has 1 aromatic rings. The van der Waals surface area contributed by atoms with Gasteiger partial charge in [0.05, 0.1) is 0 Å². The zero-order valence-electron chi connectivity index (χ0n) is 10.3. The van der Waals surface area contributed by atoms with Crippen molar-refractivity contribution in [1.82, 2.24) is 0 Å². The van der Waals surface area contributed by atoms with Gasteiger partial charge >= 0.3 is 0 Å². The number of carbonyl (C=O) groups is 2. The quantitative estimate of drug-likeness (QED) is 0.464. The second kappa shape index (κ2) is 6.45. The average molecular weight is 269 g/mol. The van der Waals surface area contributed by atoms with Crippen molar-refractivity contribution in [3.63, 3.8) is 0 Å². The van der Waals surface area contributed by atoms with E-state index in [1.807, 2.05) is 6.92 Å². The highest BCUT2D eigenvalue weighted by Gasteiger charge is 2.19. The number of allylic oxidation sites excluding steroid dienone is 2. The Bertz CT molecular complexity index is 507. The lowest BCUT2D eigenvalue weighted by atomic mass is 9.96. The molecule has 0 radical (unpaired) electrons. The molecule has 0 atom stereocenters. The highest BCUT2D eigenvalue weighted by molar-refractivity contribution is 6.86. The SMILES string of the molecule is CCC/C=C(/C(=O)C(=O)Cl)c1cc(F)ccc1C. The fourth-order valence-corrected chi connectivity index (χ4v) is 1.71. The van der Waals surface area contributed by atoms with Gasteiger partial charge in [-0.2, -0.15) is 0 Å². The van der Waals surface area contributed by atoms with Crippen molar-refractivity contribution in [2.45, 2.75) is 26.7 Å². The Balaban J connectivity index is 3.30. The van der Waals surface area contributed by atoms with Gasteiger partial charge in [-0.1, -0.05) is 25.5 Å². The van der Waals surface area contributed by atoms with Crippen molar-refractivity contribution >= 4 is 28.2 Å². The lowest BCUT2D eigenvalue weighted by Gasteiger charge is -2.08. The lowest BCUT2D eigenvalue weighted by Crippen LogP contribution is -2.10. The predicted molar refractivity (Wildman–Crippen MR) is 69.9 cm³/mol. The largest absolute Gasteiger partial charge is 0.293 e. The minimum absolute atomic E-state index is 0.175. The van der Waals surface area contributed by atoms with Crippen molar-refractivity contribution in [3.05, 3.63) is 41.2 Å². The van der Waals surface area contributed by atoms with Gasteiger partial charge in [0.2, 0.25) is 5.78 Å². The first-order valence-corrected chi connectivity index (χ1v) is 6.06. The maximum Gasteiger partial charge on any atom is 0.293 e. The third-order valence-corrected chi connectivity index (χ3v) is 2.72. The monoisotopic (exact) mass is 268 g/mol. The van der Waals surface area contributed by atoms with E-state index >= 15 is 0 Å². The number of Topliss-reactive ketones (excluding diaryl/α,β-unsaturated/α-hetero) is 1. The van der Waals surface area contributed by atoms with Crippen LogP contribution < -0.4 is 0 Å². The summed E-state index contributed by atoms with van der Waals surface area (Å²) >= 11 is 5.22. The van der Waals surface area contributed by atoms with E-state index in [0.717, 1.165) is 12.0 Å². The van der Waals surface area contributed by atoms with Crippen LogP contribution in [0.5, 0.6) is 0 Å². The number of rotatable bonds is 5. The van der Waals surface area contributed by atoms with Crippen LogP contribution in [0.4, 0.5) is 4.39 Å². The molecule has 0 fully saturated rings. The Morgan fingerprint density at radius 1 is 1.39 bits per heavy atom. The van der Waals surface area contributed by atoms with Gasteiger partial charge in [0, 0.05) is 5.57 Å². The topological polar surface area (TPSA) is 34.1 Å². The van der Waals surface area contributed by atoms with Crippen LogP contribution in [-0.4, -0.2) is 11.0 Å². The molecule has 0 aliphatic heterocycles. The molecule has 18 heavy (non-hydrogen) atoms. The fraction of sp³-hybridized carbons (Fsp3) is 0.286. The van der Waals surface area contributed by atoms with Crippen LogP contribution in [0.15, 0.2) is 24.3 Å². The van der Waals surface area contributed by atoms with E-state index in [0.29, 0.717) is 12.0 Å². The second-order valence-corrected chi connectivity index (χ2v) is 4.31. The molecule has 2 nitrogen and oxygen atoms in total. The van der Waals surface area contributed by atoms with E-state index in [-0.39, 0.29) is 5.57 Å². The summed E-state index contributed by atoms with van der Waals surface area (Å²) < 4.78 is 13.2. The molecule has 0 saturated heterocycles. The van der Waals surface area contributed by atoms with E-state index in [9.17, 15) is 14.0 Å². The molecule has 4 heteroatoms. The third kappa shape index (κ3) is 3.50. The molecule has 0 unspecified atom stereocenters. The molecule has 1 rings (SSSR count). The van der Waals surface area contributed by atoms with E-state index in [2.05, 4.69) is 0 Å². The first-order chi connectivity index (χ1) is 8.47. The number of ketones is 1. The maximum atomic E-state index is 13.2. The molecule has 0 amide bonds. The summed E-state index contributed by atoms with van der Waals surface area (Å²) in [4.78, 5) is 22.7. The van der Waals surface area contributed by atoms with Gasteiger partial charge in [-0.25, -0.2) is 4.39 Å². The average Bonchev–Trinajstić information content (AvgIpc) is 2.33. The van der Waals surface area contributed by atoms with Crippen LogP contribution in [0.2, 0.25) is 0 Å². The van der Waals surface area contributed by atoms with E-state index in [4.69, 9.17) is 11.6 Å². The van der Waals surface area contributed by atoms with E-state index in [1.54, 1.807) is 19.1 Å². The summed E-state index contributed by atoms with van der Waals surface area (Å²) in [5, 5.41) is -1.05. The number of aryl methyl sites for hydroxylation is 1. The molecule has 0 N–H and O–H groups in total. The van der Waals surface area contributed by atoms with Crippen LogP contribution in [0, 0.1) is 12.7 Å². The number of hydrogen-bond acceptors (Lipinski definition) is 2. The molecule has 0 aliphatic carbocycles. The van der Waals surface area contributed by atoms with Gasteiger partial charge in [0.15, 0.2) is 0 Å². The molecule has 0 aliphatic rings. The Labute approximate surface area is 110 Å². The summed E-state index contributed by atoms with van der Waals surface area (Å²) in [6.07, 6.45) is 3.08. The predicted octanol–water partition coefficient (Wildman–Crippen LogP) is 3.65. The smallest absolute Gasteiger partial charge is 0.284 e. The standard InChI is InChI=1S/C14H14ClFO2/c1-3-4-5-11(13(17)14(15)18)12-8-10(16)7-6-9(12)2/h5-8H,3-4H2,1-2H3/b11-5+. The first-order valence-electron chi connectivity index (χ1n) is 5.68. The highest BCUT2D eigenvalue weighted by Crippen LogP contribution is 2.22. The lowest BCUT2D eigenvalue weighted by molar-refractivity contribution is -0.128. The third-order valence-electron chi connectivity index (χ3n) is 2.55. The molecule has 96 valence electrons. The Morgan fingerprint density at radius 3 is 2.61 bits per heavy atom. The van der Waals surface area contributed by atoms with Crippen molar-refractivity contribution < 1.29 is 14.0 Å². The van der Waals surface area contributed by atoms with Crippen molar-refractivity contribution in [1.29, 1.82) is 0 Å². The molecule has 0 bridgehead atoms. The van der Waals surface area contributed by atoms with Crippen LogP contribution in [-0.2, 0) is 9.59 Å². The first kappa shape index (κ1) is 14.6. The summed E-state index contributed by atoms with van der Waals surface area (Å²) in [7, 11) is 0. The molecular formula is C14H14ClFO2. The second-order valence-electron chi connectivity index (χ2n) is 3.97. The van der Waals surface area contributed by atoms with Crippen molar-refractivity contribution in [2.24, 2.45) is 0 Å². The zero-order chi connectivity index (χ0) is 13.7. The number of carbonyl (C=O) groups excluding carboxylic acids is 2. The Kier molecular flexibility index (Phi) is 5.23. The normalized spacial score (nSPS) is 11.4. The molecule has 0 aromatic heterocycles. The van der Waals surface area contributed by atoms with Crippen LogP contribution in [0.25, 0.3) is 5.57 Å².